The van der Waals surface area contributed by atoms with E-state index in [0.717, 1.165) is 0 Å². The number of halogens is 2. The Morgan fingerprint density at radius 1 is 1.21 bits per heavy atom. The molecule has 1 aliphatic heterocycles. The lowest BCUT2D eigenvalue weighted by Gasteiger charge is -2.46. The topological polar surface area (TPSA) is 73.2 Å². The molecule has 2 aromatic carbocycles. The van der Waals surface area contributed by atoms with Crippen LogP contribution in [0.3, 0.4) is 0 Å². The maximum atomic E-state index is 14.4. The SMILES string of the molecule is CC(c1c(F)cccc1C#N)C1NC(=O)C(C)(Cc2ccc(F)cc2)N(C)C1=O. The lowest BCUT2D eigenvalue weighted by molar-refractivity contribution is -0.154. The predicted octanol–water partition coefficient (Wildman–Crippen LogP) is 2.90. The first-order valence-corrected chi connectivity index (χ1v) is 9.20. The summed E-state index contributed by atoms with van der Waals surface area (Å²) in [5.41, 5.74) is -0.250. The number of likely N-dealkylation sites (N-methyl/N-ethyl adjacent to an activating group) is 1. The van der Waals surface area contributed by atoms with Crippen LogP contribution in [0.15, 0.2) is 42.5 Å². The van der Waals surface area contributed by atoms with Gasteiger partial charge in [0.1, 0.15) is 23.2 Å². The Balaban J connectivity index is 1.90. The van der Waals surface area contributed by atoms with Crippen molar-refractivity contribution in [2.75, 3.05) is 7.05 Å². The highest BCUT2D eigenvalue weighted by Crippen LogP contribution is 2.32. The predicted molar refractivity (Wildman–Crippen MR) is 103 cm³/mol. The van der Waals surface area contributed by atoms with E-state index in [2.05, 4.69) is 5.32 Å². The van der Waals surface area contributed by atoms with E-state index in [9.17, 15) is 23.6 Å². The number of benzene rings is 2. The van der Waals surface area contributed by atoms with Gasteiger partial charge in [-0.05, 0) is 36.8 Å². The van der Waals surface area contributed by atoms with Gasteiger partial charge in [0.2, 0.25) is 11.8 Å². The Labute approximate surface area is 167 Å². The Bertz CT molecular complexity index is 1000. The van der Waals surface area contributed by atoms with Crippen LogP contribution in [-0.4, -0.2) is 35.3 Å². The standard InChI is InChI=1S/C22H21F2N3O2/c1-13(18-15(12-25)5-4-6-17(18)24)19-20(28)27(3)22(2,21(29)26-19)11-14-7-9-16(23)10-8-14/h4-10,13,19H,11H2,1-3H3,(H,26,29). The summed E-state index contributed by atoms with van der Waals surface area (Å²) in [6.45, 7) is 3.24. The minimum absolute atomic E-state index is 0.101. The molecular weight excluding hydrogens is 376 g/mol. The summed E-state index contributed by atoms with van der Waals surface area (Å²) in [5.74, 6) is -2.49. The molecule has 0 aromatic heterocycles. The van der Waals surface area contributed by atoms with Crippen LogP contribution in [-0.2, 0) is 16.0 Å². The second-order valence-electron chi connectivity index (χ2n) is 7.53. The molecule has 1 fully saturated rings. The first kappa shape index (κ1) is 20.5. The van der Waals surface area contributed by atoms with Gasteiger partial charge in [-0.1, -0.05) is 25.1 Å². The van der Waals surface area contributed by atoms with Crippen molar-refractivity contribution in [2.45, 2.75) is 37.8 Å². The van der Waals surface area contributed by atoms with E-state index in [0.29, 0.717) is 5.56 Å². The molecule has 0 radical (unpaired) electrons. The third kappa shape index (κ3) is 3.58. The average Bonchev–Trinajstić information content (AvgIpc) is 2.70. The van der Waals surface area contributed by atoms with E-state index in [4.69, 9.17) is 0 Å². The molecule has 0 bridgehead atoms. The fraction of sp³-hybridized carbons (Fsp3) is 0.318. The van der Waals surface area contributed by atoms with Crippen LogP contribution in [0.4, 0.5) is 8.78 Å². The number of carbonyl (C=O) groups excluding carboxylic acids is 2. The summed E-state index contributed by atoms with van der Waals surface area (Å²) in [6, 6.07) is 10.8. The monoisotopic (exact) mass is 397 g/mol. The Morgan fingerprint density at radius 3 is 2.48 bits per heavy atom. The van der Waals surface area contributed by atoms with Crippen LogP contribution < -0.4 is 5.32 Å². The third-order valence-corrected chi connectivity index (χ3v) is 5.70. The van der Waals surface area contributed by atoms with Gasteiger partial charge in [0.05, 0.1) is 11.6 Å². The van der Waals surface area contributed by atoms with Crippen molar-refractivity contribution in [3.63, 3.8) is 0 Å². The molecule has 3 atom stereocenters. The summed E-state index contributed by atoms with van der Waals surface area (Å²) in [6.07, 6.45) is 0.200. The summed E-state index contributed by atoms with van der Waals surface area (Å²) < 4.78 is 27.6. The zero-order valence-corrected chi connectivity index (χ0v) is 16.4. The number of hydrogen-bond acceptors (Lipinski definition) is 3. The molecule has 7 heteroatoms. The smallest absolute Gasteiger partial charge is 0.246 e. The molecule has 1 N–H and O–H groups in total. The highest BCUT2D eigenvalue weighted by Gasteiger charge is 2.49. The van der Waals surface area contributed by atoms with Crippen LogP contribution in [0.5, 0.6) is 0 Å². The fourth-order valence-electron chi connectivity index (χ4n) is 3.76. The van der Waals surface area contributed by atoms with Crippen LogP contribution in [0, 0.1) is 23.0 Å². The van der Waals surface area contributed by atoms with Crippen molar-refractivity contribution in [1.82, 2.24) is 10.2 Å². The molecule has 150 valence electrons. The molecule has 1 saturated heterocycles. The number of rotatable bonds is 4. The van der Waals surface area contributed by atoms with Gasteiger partial charge in [0.15, 0.2) is 0 Å². The summed E-state index contributed by atoms with van der Waals surface area (Å²) in [4.78, 5) is 27.4. The van der Waals surface area contributed by atoms with E-state index in [1.54, 1.807) is 26.0 Å². The van der Waals surface area contributed by atoms with E-state index >= 15 is 0 Å². The van der Waals surface area contributed by atoms with E-state index in [1.165, 1.54) is 42.3 Å². The Hall–Kier alpha value is -3.27. The zero-order chi connectivity index (χ0) is 21.3. The number of carbonyl (C=O) groups is 2. The van der Waals surface area contributed by atoms with Gasteiger partial charge >= 0.3 is 0 Å². The van der Waals surface area contributed by atoms with E-state index in [1.807, 2.05) is 6.07 Å². The van der Waals surface area contributed by atoms with E-state index < -0.39 is 29.2 Å². The zero-order valence-electron chi connectivity index (χ0n) is 16.4. The Kier molecular flexibility index (Phi) is 5.38. The largest absolute Gasteiger partial charge is 0.342 e. The molecule has 3 rings (SSSR count). The second kappa shape index (κ2) is 7.63. The molecule has 0 aliphatic carbocycles. The first-order valence-electron chi connectivity index (χ1n) is 9.20. The normalized spacial score (nSPS) is 22.8. The van der Waals surface area contributed by atoms with E-state index in [-0.39, 0.29) is 29.3 Å². The highest BCUT2D eigenvalue weighted by atomic mass is 19.1. The van der Waals surface area contributed by atoms with Gasteiger partial charge in [-0.25, -0.2) is 8.78 Å². The summed E-state index contributed by atoms with van der Waals surface area (Å²) >= 11 is 0. The molecule has 3 unspecified atom stereocenters. The third-order valence-electron chi connectivity index (χ3n) is 5.70. The fourth-order valence-corrected chi connectivity index (χ4v) is 3.76. The second-order valence-corrected chi connectivity index (χ2v) is 7.53. The number of hydrogen-bond donors (Lipinski definition) is 1. The molecular formula is C22H21F2N3O2. The van der Waals surface area contributed by atoms with Gasteiger partial charge in [-0.15, -0.1) is 0 Å². The van der Waals surface area contributed by atoms with Crippen molar-refractivity contribution in [1.29, 1.82) is 5.26 Å². The maximum absolute atomic E-state index is 14.4. The minimum atomic E-state index is -1.18. The Morgan fingerprint density at radius 2 is 1.86 bits per heavy atom. The molecule has 1 heterocycles. The molecule has 0 spiro atoms. The van der Waals surface area contributed by atoms with Gasteiger partial charge in [0, 0.05) is 24.9 Å². The van der Waals surface area contributed by atoms with Crippen LogP contribution in [0.2, 0.25) is 0 Å². The average molecular weight is 397 g/mol. The molecule has 2 aromatic rings. The molecule has 2 amide bonds. The van der Waals surface area contributed by atoms with Crippen LogP contribution in [0.25, 0.3) is 0 Å². The van der Waals surface area contributed by atoms with Gasteiger partial charge in [-0.2, -0.15) is 5.26 Å². The number of nitrogens with zero attached hydrogens (tertiary/aromatic N) is 2. The molecule has 0 saturated carbocycles. The number of nitriles is 1. The summed E-state index contributed by atoms with van der Waals surface area (Å²) in [5, 5.41) is 12.0. The van der Waals surface area contributed by atoms with Crippen molar-refractivity contribution in [3.8, 4) is 6.07 Å². The van der Waals surface area contributed by atoms with Crippen LogP contribution >= 0.6 is 0 Å². The quantitative estimate of drug-likeness (QED) is 0.862. The van der Waals surface area contributed by atoms with Gasteiger partial charge in [-0.3, -0.25) is 9.59 Å². The minimum Gasteiger partial charge on any atom is -0.342 e. The number of piperazine rings is 1. The molecule has 1 aliphatic rings. The van der Waals surface area contributed by atoms with Gasteiger partial charge in [0.25, 0.3) is 0 Å². The van der Waals surface area contributed by atoms with Gasteiger partial charge < -0.3 is 10.2 Å². The highest BCUT2D eigenvalue weighted by molar-refractivity contribution is 6.00. The van der Waals surface area contributed by atoms with Crippen molar-refractivity contribution in [2.24, 2.45) is 0 Å². The lowest BCUT2D eigenvalue weighted by atomic mass is 9.82. The van der Waals surface area contributed by atoms with Crippen molar-refractivity contribution in [3.05, 3.63) is 70.8 Å². The summed E-state index contributed by atoms with van der Waals surface area (Å²) in [7, 11) is 1.52. The first-order chi connectivity index (χ1) is 13.7. The lowest BCUT2D eigenvalue weighted by Crippen LogP contribution is -2.70. The van der Waals surface area contributed by atoms with Crippen LogP contribution in [0.1, 0.15) is 36.5 Å². The number of nitrogens with one attached hydrogen (secondary N) is 1. The molecule has 5 nitrogen and oxygen atoms in total. The van der Waals surface area contributed by atoms with Crippen molar-refractivity contribution >= 4 is 11.8 Å². The number of amides is 2. The maximum Gasteiger partial charge on any atom is 0.246 e. The van der Waals surface area contributed by atoms with Crippen molar-refractivity contribution < 1.29 is 18.4 Å². The molecule has 29 heavy (non-hydrogen) atoms.